The zero-order valence-corrected chi connectivity index (χ0v) is 41.7. The Bertz CT molecular complexity index is 844. The molecule has 0 amide bonds. The molecule has 1 atom stereocenters. The summed E-state index contributed by atoms with van der Waals surface area (Å²) in [5, 5.41) is 6.89. The van der Waals surface area contributed by atoms with Crippen LogP contribution < -0.4 is 0 Å². The van der Waals surface area contributed by atoms with Crippen molar-refractivity contribution in [2.24, 2.45) is 11.8 Å². The van der Waals surface area contributed by atoms with Gasteiger partial charge in [0, 0.05) is 20.0 Å². The first-order valence-electron chi connectivity index (χ1n) is 26.9. The van der Waals surface area contributed by atoms with Gasteiger partial charge in [-0.15, -0.1) is 0 Å². The number of hydrogen-bond acceptors (Lipinski definition) is 6. The van der Waals surface area contributed by atoms with Crippen LogP contribution in [-0.4, -0.2) is 68.2 Å². The molecule has 0 radical (unpaired) electrons. The van der Waals surface area contributed by atoms with Gasteiger partial charge in [-0.05, 0) is 76.4 Å². The molecule has 0 aromatic rings. The predicted octanol–water partition coefficient (Wildman–Crippen LogP) is 16.3. The molecule has 7 nitrogen and oxygen atoms in total. The first-order chi connectivity index (χ1) is 29.9. The minimum atomic E-state index is -0.250. The largest absolute Gasteiger partial charge is 0.483 e. The number of carbonyl (C=O) groups is 3. The van der Waals surface area contributed by atoms with E-state index in [1.54, 1.807) is 0 Å². The molecule has 1 fully saturated rings. The third-order valence-corrected chi connectivity index (χ3v) is 13.0. The molecular weight excluding hydrogens is 759 g/mol. The van der Waals surface area contributed by atoms with Crippen molar-refractivity contribution in [3.63, 3.8) is 0 Å². The summed E-state index contributed by atoms with van der Waals surface area (Å²) in [6.07, 6.45) is 52.0. The fourth-order valence-corrected chi connectivity index (χ4v) is 9.01. The molecule has 61 heavy (non-hydrogen) atoms. The van der Waals surface area contributed by atoms with Crippen molar-refractivity contribution < 1.29 is 29.0 Å². The lowest BCUT2D eigenvalue weighted by Crippen LogP contribution is -2.20. The van der Waals surface area contributed by atoms with Crippen molar-refractivity contribution in [1.29, 1.82) is 0 Å². The molecule has 1 aliphatic rings. The highest BCUT2D eigenvalue weighted by Gasteiger charge is 2.12. The number of unbranched alkanes of at least 4 members (excludes halogenated alkanes) is 21. The predicted molar refractivity (Wildman–Crippen MR) is 263 cm³/mol. The minimum absolute atomic E-state index is 0.0217. The van der Waals surface area contributed by atoms with Crippen LogP contribution in [-0.2, 0) is 23.9 Å². The van der Waals surface area contributed by atoms with Gasteiger partial charge in [-0.1, -0.05) is 220 Å². The zero-order valence-electron chi connectivity index (χ0n) is 41.7. The van der Waals surface area contributed by atoms with Gasteiger partial charge in [0.2, 0.25) is 0 Å². The maximum Gasteiger partial charge on any atom is 0.305 e. The van der Waals surface area contributed by atoms with Crippen LogP contribution in [0.2, 0.25) is 0 Å². The van der Waals surface area contributed by atoms with Crippen LogP contribution in [0.15, 0.2) is 0 Å². The summed E-state index contributed by atoms with van der Waals surface area (Å²) >= 11 is 0. The monoisotopic (exact) mass is 866 g/mol. The number of likely N-dealkylation sites (tertiary alicyclic amines) is 1. The molecular formula is C54H107NO6. The molecule has 0 saturated carbocycles. The Kier molecular flexibility index (Phi) is 53.4. The van der Waals surface area contributed by atoms with Gasteiger partial charge in [0.05, 0.1) is 12.7 Å². The van der Waals surface area contributed by atoms with E-state index in [9.17, 15) is 9.59 Å². The van der Waals surface area contributed by atoms with Crippen LogP contribution in [0.5, 0.6) is 0 Å². The van der Waals surface area contributed by atoms with Gasteiger partial charge in [0.15, 0.2) is 0 Å². The van der Waals surface area contributed by atoms with E-state index in [4.69, 9.17) is 19.4 Å². The topological polar surface area (TPSA) is 93.1 Å². The SMILES string of the molecule is CCCCCC(CCCCC)CCCCCCCCCCC(CCCCCCCCC(=O)OCCC(CCCCC)CCCCC)OC.O=CCCCN1CCCC1.O=CO. The maximum absolute atomic E-state index is 12.2. The molecule has 1 unspecified atom stereocenters. The number of methoxy groups -OCH3 is 1. The molecule has 0 spiro atoms. The molecule has 1 heterocycles. The van der Waals surface area contributed by atoms with Crippen LogP contribution in [0.25, 0.3) is 0 Å². The van der Waals surface area contributed by atoms with Crippen molar-refractivity contribution >= 4 is 18.7 Å². The molecule has 1 rings (SSSR count). The van der Waals surface area contributed by atoms with Crippen molar-refractivity contribution in [2.45, 2.75) is 284 Å². The molecule has 0 aromatic carbocycles. The summed E-state index contributed by atoms with van der Waals surface area (Å²) < 4.78 is 11.4. The van der Waals surface area contributed by atoms with E-state index in [0.717, 1.165) is 56.8 Å². The summed E-state index contributed by atoms with van der Waals surface area (Å²) in [4.78, 5) is 33.0. The molecule has 0 bridgehead atoms. The standard InChI is InChI=1S/C45H90O3.C8H15NO.CH2O2/c1-6-10-24-32-42(33-25-11-7-2)36-28-20-16-14-15-17-21-29-37-44(47-5)38-30-22-18-19-23-31-39-45(46)48-41-40-43(34-26-12-8-3)35-27-13-9-4;10-8-4-3-7-9-5-1-2-6-9;2-1-3/h42-44H,6-41H2,1-5H3;8H,1-7H2;1H,(H,2,3). The highest BCUT2D eigenvalue weighted by atomic mass is 16.5. The quantitative estimate of drug-likeness (QED) is 0.0370. The zero-order chi connectivity index (χ0) is 45.1. The van der Waals surface area contributed by atoms with Crippen LogP contribution in [0.1, 0.15) is 278 Å². The molecule has 0 aromatic heterocycles. The Morgan fingerprint density at radius 1 is 0.525 bits per heavy atom. The van der Waals surface area contributed by atoms with Gasteiger partial charge in [-0.25, -0.2) is 0 Å². The second kappa shape index (κ2) is 52.9. The Morgan fingerprint density at radius 3 is 1.28 bits per heavy atom. The smallest absolute Gasteiger partial charge is 0.305 e. The normalized spacial score (nSPS) is 13.2. The highest BCUT2D eigenvalue weighted by Crippen LogP contribution is 2.25. The number of ether oxygens (including phenoxy) is 2. The lowest BCUT2D eigenvalue weighted by Gasteiger charge is -2.17. The van der Waals surface area contributed by atoms with Crippen molar-refractivity contribution in [1.82, 2.24) is 4.90 Å². The number of rotatable bonds is 44. The average molecular weight is 866 g/mol. The van der Waals surface area contributed by atoms with Gasteiger partial charge >= 0.3 is 5.97 Å². The van der Waals surface area contributed by atoms with E-state index in [-0.39, 0.29) is 12.4 Å². The van der Waals surface area contributed by atoms with Gasteiger partial charge in [-0.2, -0.15) is 0 Å². The molecule has 1 aliphatic heterocycles. The van der Waals surface area contributed by atoms with Crippen molar-refractivity contribution in [3.05, 3.63) is 0 Å². The third-order valence-electron chi connectivity index (χ3n) is 13.0. The number of aldehydes is 1. The van der Waals surface area contributed by atoms with Gasteiger partial charge in [0.25, 0.3) is 6.47 Å². The van der Waals surface area contributed by atoms with E-state index in [0.29, 0.717) is 19.1 Å². The van der Waals surface area contributed by atoms with E-state index < -0.39 is 0 Å². The Balaban J connectivity index is 0. The first-order valence-corrected chi connectivity index (χ1v) is 26.9. The second-order valence-corrected chi connectivity index (χ2v) is 18.6. The van der Waals surface area contributed by atoms with E-state index in [1.807, 2.05) is 7.11 Å². The van der Waals surface area contributed by atoms with Crippen LogP contribution in [0.3, 0.4) is 0 Å². The summed E-state index contributed by atoms with van der Waals surface area (Å²) in [5.41, 5.74) is 0. The maximum atomic E-state index is 12.2. The minimum Gasteiger partial charge on any atom is -0.483 e. The molecule has 1 saturated heterocycles. The number of hydrogen-bond donors (Lipinski definition) is 1. The van der Waals surface area contributed by atoms with Crippen LogP contribution >= 0.6 is 0 Å². The summed E-state index contributed by atoms with van der Waals surface area (Å²) in [6.45, 7) is 13.2. The fourth-order valence-electron chi connectivity index (χ4n) is 9.01. The molecule has 364 valence electrons. The van der Waals surface area contributed by atoms with Crippen molar-refractivity contribution in [2.75, 3.05) is 33.4 Å². The van der Waals surface area contributed by atoms with Gasteiger partial charge in [-0.3, -0.25) is 9.59 Å². The number of esters is 1. The van der Waals surface area contributed by atoms with E-state index in [2.05, 4.69) is 32.6 Å². The Hall–Kier alpha value is -1.47. The van der Waals surface area contributed by atoms with E-state index >= 15 is 0 Å². The fraction of sp³-hybridized carbons (Fsp3) is 0.944. The summed E-state index contributed by atoms with van der Waals surface area (Å²) in [6, 6.07) is 0. The van der Waals surface area contributed by atoms with Gasteiger partial charge in [0.1, 0.15) is 6.29 Å². The first kappa shape index (κ1) is 61.6. The summed E-state index contributed by atoms with van der Waals surface area (Å²) in [7, 11) is 1.90. The number of nitrogens with zero attached hydrogens (tertiary/aromatic N) is 1. The van der Waals surface area contributed by atoms with Crippen molar-refractivity contribution in [3.8, 4) is 0 Å². The second-order valence-electron chi connectivity index (χ2n) is 18.6. The van der Waals surface area contributed by atoms with Gasteiger partial charge < -0.3 is 24.3 Å². The molecule has 0 aliphatic carbocycles. The number of carboxylic acid groups (broad SMARTS) is 1. The summed E-state index contributed by atoms with van der Waals surface area (Å²) in [5.74, 6) is 1.77. The lowest BCUT2D eigenvalue weighted by atomic mass is 9.90. The lowest BCUT2D eigenvalue weighted by molar-refractivity contribution is -0.144. The van der Waals surface area contributed by atoms with Crippen LogP contribution in [0, 0.1) is 11.8 Å². The van der Waals surface area contributed by atoms with Crippen LogP contribution in [0.4, 0.5) is 0 Å². The average Bonchev–Trinajstić information content (AvgIpc) is 3.78. The molecule has 7 heteroatoms. The number of carbonyl (C=O) groups excluding carboxylic acids is 2. The highest BCUT2D eigenvalue weighted by molar-refractivity contribution is 5.69. The Morgan fingerprint density at radius 2 is 0.885 bits per heavy atom. The third kappa shape index (κ3) is 47.8. The Labute approximate surface area is 380 Å². The molecule has 1 N–H and O–H groups in total. The van der Waals surface area contributed by atoms with E-state index in [1.165, 1.54) is 225 Å².